The molecule has 5 heteroatoms. The molecule has 0 aliphatic heterocycles. The maximum Gasteiger partial charge on any atom is 0.312 e. The smallest absolute Gasteiger partial charge is 0.312 e. The van der Waals surface area contributed by atoms with Gasteiger partial charge >= 0.3 is 5.97 Å². The van der Waals surface area contributed by atoms with Crippen LogP contribution < -0.4 is 0 Å². The molecule has 0 saturated heterocycles. The van der Waals surface area contributed by atoms with Crippen LogP contribution in [0.4, 0.5) is 0 Å². The van der Waals surface area contributed by atoms with Gasteiger partial charge in [-0.05, 0) is 36.0 Å². The number of thiazole rings is 1. The van der Waals surface area contributed by atoms with Crippen molar-refractivity contribution in [3.63, 3.8) is 0 Å². The molecule has 4 atom stereocenters. The number of nitrogens with zero attached hydrogens (tertiary/aromatic N) is 1. The summed E-state index contributed by atoms with van der Waals surface area (Å²) >= 11 is 1.53. The van der Waals surface area contributed by atoms with Gasteiger partial charge in [-0.2, -0.15) is 0 Å². The first-order valence-corrected chi connectivity index (χ1v) is 8.91. The summed E-state index contributed by atoms with van der Waals surface area (Å²) in [6.07, 6.45) is 2.67. The molecule has 2 bridgehead atoms. The zero-order valence-corrected chi connectivity index (χ0v) is 14.6. The number of fused-ring (bicyclic) bond motifs is 2. The lowest BCUT2D eigenvalue weighted by atomic mass is 9.45. The third-order valence-corrected chi connectivity index (χ3v) is 6.63. The molecule has 0 aromatic carbocycles. The molecule has 4 nitrogen and oxygen atoms in total. The molecule has 3 aliphatic carbocycles. The van der Waals surface area contributed by atoms with Gasteiger partial charge in [-0.25, -0.2) is 4.98 Å². The topological polar surface area (TPSA) is 48.4 Å². The third-order valence-electron chi connectivity index (χ3n) is 5.76. The van der Waals surface area contributed by atoms with Gasteiger partial charge in [0.2, 0.25) is 0 Å². The molecule has 4 unspecified atom stereocenters. The number of esters is 1. The zero-order chi connectivity index (χ0) is 15.9. The van der Waals surface area contributed by atoms with Crippen LogP contribution in [0.5, 0.6) is 0 Å². The van der Waals surface area contributed by atoms with Crippen LogP contribution in [0.2, 0.25) is 0 Å². The van der Waals surface area contributed by atoms with E-state index in [1.807, 2.05) is 5.38 Å². The second kappa shape index (κ2) is 5.93. The Morgan fingerprint density at radius 3 is 2.86 bits per heavy atom. The van der Waals surface area contributed by atoms with Gasteiger partial charge in [0, 0.05) is 12.5 Å². The van der Waals surface area contributed by atoms with Crippen LogP contribution in [0.25, 0.3) is 0 Å². The molecule has 0 N–H and O–H groups in total. The Morgan fingerprint density at radius 1 is 1.45 bits per heavy atom. The lowest BCUT2D eigenvalue weighted by molar-refractivity contribution is -0.185. The molecule has 22 heavy (non-hydrogen) atoms. The Balaban J connectivity index is 1.54. The second-order valence-corrected chi connectivity index (χ2v) is 8.27. The standard InChI is InChI=1S/C17H25NO3S/c1-10-13-5-11(17(13,2)3)6-14(10)21-16(19)7-12-9-22-15(18-12)8-20-4/h9-11,13-14H,5-8H2,1-4H3. The SMILES string of the molecule is COCc1nc(CC(=O)OC2CC3CC(C2C)C3(C)C)cs1. The Morgan fingerprint density at radius 2 is 2.23 bits per heavy atom. The van der Waals surface area contributed by atoms with Crippen molar-refractivity contribution in [2.45, 2.75) is 52.7 Å². The van der Waals surface area contributed by atoms with Gasteiger partial charge in [-0.1, -0.05) is 20.8 Å². The summed E-state index contributed by atoms with van der Waals surface area (Å²) in [5, 5.41) is 2.82. The fourth-order valence-electron chi connectivity index (χ4n) is 4.24. The predicted octanol–water partition coefficient (Wildman–Crippen LogP) is 3.45. The molecule has 0 spiro atoms. The van der Waals surface area contributed by atoms with Gasteiger partial charge in [0.1, 0.15) is 11.1 Å². The lowest BCUT2D eigenvalue weighted by Crippen LogP contribution is -2.57. The van der Waals surface area contributed by atoms with E-state index in [2.05, 4.69) is 25.8 Å². The van der Waals surface area contributed by atoms with Crippen LogP contribution in [0.1, 0.15) is 44.3 Å². The van der Waals surface area contributed by atoms with Gasteiger partial charge in [-0.3, -0.25) is 4.79 Å². The van der Waals surface area contributed by atoms with E-state index in [9.17, 15) is 4.79 Å². The van der Waals surface area contributed by atoms with Crippen molar-refractivity contribution in [2.75, 3.05) is 7.11 Å². The van der Waals surface area contributed by atoms with Crippen molar-refractivity contribution < 1.29 is 14.3 Å². The molecular formula is C17H25NO3S. The Kier molecular flexibility index (Phi) is 4.29. The quantitative estimate of drug-likeness (QED) is 0.779. The first kappa shape index (κ1) is 15.9. The average molecular weight is 323 g/mol. The Bertz CT molecular complexity index is 554. The minimum Gasteiger partial charge on any atom is -0.462 e. The maximum absolute atomic E-state index is 12.2. The highest BCUT2D eigenvalue weighted by molar-refractivity contribution is 7.09. The number of carbonyl (C=O) groups is 1. The molecule has 1 heterocycles. The van der Waals surface area contributed by atoms with Crippen LogP contribution in [-0.4, -0.2) is 24.2 Å². The molecular weight excluding hydrogens is 298 g/mol. The number of carbonyl (C=O) groups excluding carboxylic acids is 1. The van der Waals surface area contributed by atoms with E-state index in [0.29, 0.717) is 29.8 Å². The van der Waals surface area contributed by atoms with Crippen molar-refractivity contribution in [1.82, 2.24) is 4.98 Å². The van der Waals surface area contributed by atoms with Gasteiger partial charge in [0.25, 0.3) is 0 Å². The number of rotatable bonds is 5. The largest absolute Gasteiger partial charge is 0.462 e. The normalized spacial score (nSPS) is 32.4. The highest BCUT2D eigenvalue weighted by Crippen LogP contribution is 2.61. The number of aromatic nitrogens is 1. The van der Waals surface area contributed by atoms with Crippen LogP contribution in [0, 0.1) is 23.2 Å². The lowest BCUT2D eigenvalue weighted by Gasteiger charge is -2.61. The summed E-state index contributed by atoms with van der Waals surface area (Å²) in [5.74, 6) is 1.71. The van der Waals surface area contributed by atoms with Crippen molar-refractivity contribution in [3.05, 3.63) is 16.1 Å². The average Bonchev–Trinajstić information content (AvgIpc) is 2.88. The molecule has 3 fully saturated rings. The number of hydrogen-bond acceptors (Lipinski definition) is 5. The van der Waals surface area contributed by atoms with Crippen molar-refractivity contribution in [3.8, 4) is 0 Å². The maximum atomic E-state index is 12.2. The summed E-state index contributed by atoms with van der Waals surface area (Å²) < 4.78 is 10.8. The van der Waals surface area contributed by atoms with Crippen LogP contribution in [0.3, 0.4) is 0 Å². The van der Waals surface area contributed by atoms with Gasteiger partial charge in [0.15, 0.2) is 0 Å². The van der Waals surface area contributed by atoms with Gasteiger partial charge in [-0.15, -0.1) is 11.3 Å². The molecule has 3 aliphatic rings. The molecule has 122 valence electrons. The highest BCUT2D eigenvalue weighted by Gasteiger charge is 2.57. The predicted molar refractivity (Wildman–Crippen MR) is 85.6 cm³/mol. The molecule has 3 saturated carbocycles. The van der Waals surface area contributed by atoms with Crippen LogP contribution >= 0.6 is 11.3 Å². The second-order valence-electron chi connectivity index (χ2n) is 7.33. The van der Waals surface area contributed by atoms with E-state index in [1.165, 1.54) is 17.8 Å². The zero-order valence-electron chi connectivity index (χ0n) is 13.8. The van der Waals surface area contributed by atoms with Crippen molar-refractivity contribution in [1.29, 1.82) is 0 Å². The van der Waals surface area contributed by atoms with E-state index in [-0.39, 0.29) is 18.5 Å². The minimum atomic E-state index is -0.148. The molecule has 0 radical (unpaired) electrons. The molecule has 0 amide bonds. The molecule has 1 aromatic heterocycles. The Labute approximate surface area is 136 Å². The summed E-state index contributed by atoms with van der Waals surface area (Å²) in [5.41, 5.74) is 1.21. The first-order chi connectivity index (χ1) is 10.4. The summed E-state index contributed by atoms with van der Waals surface area (Å²) in [4.78, 5) is 16.6. The highest BCUT2D eigenvalue weighted by atomic mass is 32.1. The van der Waals surface area contributed by atoms with Gasteiger partial charge < -0.3 is 9.47 Å². The van der Waals surface area contributed by atoms with Crippen LogP contribution in [0.15, 0.2) is 5.38 Å². The fraction of sp³-hybridized carbons (Fsp3) is 0.765. The third kappa shape index (κ3) is 2.81. The number of methoxy groups -OCH3 is 1. The van der Waals surface area contributed by atoms with E-state index in [0.717, 1.165) is 17.1 Å². The van der Waals surface area contributed by atoms with Crippen molar-refractivity contribution >= 4 is 17.3 Å². The van der Waals surface area contributed by atoms with E-state index in [1.54, 1.807) is 7.11 Å². The molecule has 1 aromatic rings. The summed E-state index contributed by atoms with van der Waals surface area (Å²) in [7, 11) is 1.65. The first-order valence-electron chi connectivity index (χ1n) is 8.03. The van der Waals surface area contributed by atoms with E-state index in [4.69, 9.17) is 9.47 Å². The fourth-order valence-corrected chi connectivity index (χ4v) is 5.00. The van der Waals surface area contributed by atoms with Crippen molar-refractivity contribution in [2.24, 2.45) is 23.2 Å². The van der Waals surface area contributed by atoms with E-state index >= 15 is 0 Å². The summed E-state index contributed by atoms with van der Waals surface area (Å²) in [6, 6.07) is 0. The van der Waals surface area contributed by atoms with Crippen LogP contribution in [-0.2, 0) is 27.3 Å². The Hall–Kier alpha value is -0.940. The number of ether oxygens (including phenoxy) is 2. The number of hydrogen-bond donors (Lipinski definition) is 0. The van der Waals surface area contributed by atoms with Gasteiger partial charge in [0.05, 0.1) is 18.7 Å². The van der Waals surface area contributed by atoms with E-state index < -0.39 is 0 Å². The monoisotopic (exact) mass is 323 g/mol. The minimum absolute atomic E-state index is 0.0846. The molecule has 4 rings (SSSR count). The summed E-state index contributed by atoms with van der Waals surface area (Å²) in [6.45, 7) is 7.44.